The van der Waals surface area contributed by atoms with E-state index in [9.17, 15) is 14.7 Å². The molecule has 31 heavy (non-hydrogen) atoms. The van der Waals surface area contributed by atoms with Crippen molar-refractivity contribution in [3.63, 3.8) is 0 Å². The number of carbonyl (C=O) groups excluding carboxylic acids is 2. The summed E-state index contributed by atoms with van der Waals surface area (Å²) >= 11 is 0. The van der Waals surface area contributed by atoms with Crippen LogP contribution in [0.5, 0.6) is 5.75 Å². The lowest BCUT2D eigenvalue weighted by Gasteiger charge is -2.31. The molecular formula is C24H26N2O5. The Labute approximate surface area is 181 Å². The molecule has 0 radical (unpaired) electrons. The standard InChI is InChI=1S/C24H26N2O5/c1-30-19-9-5-8-18(16-19)21-20(22(27)17-6-3-2-4-7-17)23(28)24(29)26(21)11-10-25-12-14-31-15-13-25/h2-9,16,21,27H,10-15H2,1H3. The molecule has 2 aliphatic rings. The van der Waals surface area contributed by atoms with Gasteiger partial charge in [0.05, 0.1) is 31.9 Å². The van der Waals surface area contributed by atoms with Crippen LogP contribution >= 0.6 is 0 Å². The number of rotatable bonds is 6. The number of morpholine rings is 1. The van der Waals surface area contributed by atoms with Gasteiger partial charge in [-0.25, -0.2) is 0 Å². The van der Waals surface area contributed by atoms with Crippen LogP contribution in [0.25, 0.3) is 5.76 Å². The molecule has 1 atom stereocenters. The minimum Gasteiger partial charge on any atom is -0.507 e. The monoisotopic (exact) mass is 422 g/mol. The third-order valence-electron chi connectivity index (χ3n) is 5.76. The Bertz CT molecular complexity index is 982. The highest BCUT2D eigenvalue weighted by Crippen LogP contribution is 2.40. The smallest absolute Gasteiger partial charge is 0.295 e. The minimum absolute atomic E-state index is 0.103. The maximum absolute atomic E-state index is 13.0. The van der Waals surface area contributed by atoms with Crippen molar-refractivity contribution in [2.24, 2.45) is 0 Å². The van der Waals surface area contributed by atoms with Crippen LogP contribution in [0.1, 0.15) is 17.2 Å². The first-order valence-electron chi connectivity index (χ1n) is 10.4. The highest BCUT2D eigenvalue weighted by atomic mass is 16.5. The van der Waals surface area contributed by atoms with Gasteiger partial charge in [0.15, 0.2) is 0 Å². The van der Waals surface area contributed by atoms with Gasteiger partial charge in [0.2, 0.25) is 0 Å². The Morgan fingerprint density at radius 2 is 1.81 bits per heavy atom. The summed E-state index contributed by atoms with van der Waals surface area (Å²) in [4.78, 5) is 29.8. The largest absolute Gasteiger partial charge is 0.507 e. The Morgan fingerprint density at radius 1 is 1.06 bits per heavy atom. The van der Waals surface area contributed by atoms with Crippen LogP contribution in [0, 0.1) is 0 Å². The molecule has 2 aliphatic heterocycles. The zero-order chi connectivity index (χ0) is 21.8. The first-order chi connectivity index (χ1) is 15.1. The number of methoxy groups -OCH3 is 1. The van der Waals surface area contributed by atoms with Crippen molar-refractivity contribution in [2.45, 2.75) is 6.04 Å². The summed E-state index contributed by atoms with van der Waals surface area (Å²) in [6, 6.07) is 15.4. The number of carbonyl (C=O) groups is 2. The number of hydrogen-bond donors (Lipinski definition) is 1. The van der Waals surface area contributed by atoms with Crippen molar-refractivity contribution >= 4 is 17.4 Å². The average molecular weight is 422 g/mol. The summed E-state index contributed by atoms with van der Waals surface area (Å²) < 4.78 is 10.7. The molecule has 0 spiro atoms. The van der Waals surface area contributed by atoms with E-state index in [1.165, 1.54) is 0 Å². The van der Waals surface area contributed by atoms with Gasteiger partial charge >= 0.3 is 0 Å². The van der Waals surface area contributed by atoms with Gasteiger partial charge in [0.25, 0.3) is 11.7 Å². The maximum Gasteiger partial charge on any atom is 0.295 e. The molecule has 1 unspecified atom stereocenters. The number of ketones is 1. The number of aliphatic hydroxyl groups is 1. The molecule has 2 fully saturated rings. The summed E-state index contributed by atoms with van der Waals surface area (Å²) in [6.45, 7) is 3.90. The van der Waals surface area contributed by atoms with Gasteiger partial charge in [-0.05, 0) is 17.7 Å². The van der Waals surface area contributed by atoms with Crippen LogP contribution in [0.3, 0.4) is 0 Å². The fourth-order valence-corrected chi connectivity index (χ4v) is 4.09. The molecule has 0 aliphatic carbocycles. The number of nitrogens with zero attached hydrogens (tertiary/aromatic N) is 2. The van der Waals surface area contributed by atoms with E-state index in [4.69, 9.17) is 9.47 Å². The summed E-state index contributed by atoms with van der Waals surface area (Å²) in [5.74, 6) is -0.814. The number of ether oxygens (including phenoxy) is 2. The maximum atomic E-state index is 13.0. The third-order valence-corrected chi connectivity index (χ3v) is 5.76. The molecule has 2 aromatic carbocycles. The van der Waals surface area contributed by atoms with E-state index in [-0.39, 0.29) is 11.3 Å². The Hall–Kier alpha value is -3.16. The molecule has 2 aromatic rings. The molecule has 7 nitrogen and oxygen atoms in total. The van der Waals surface area contributed by atoms with Gasteiger partial charge < -0.3 is 19.5 Å². The number of likely N-dealkylation sites (tertiary alicyclic amines) is 1. The van der Waals surface area contributed by atoms with Crippen LogP contribution < -0.4 is 4.74 Å². The zero-order valence-electron chi connectivity index (χ0n) is 17.5. The minimum atomic E-state index is -0.684. The van der Waals surface area contributed by atoms with E-state index in [2.05, 4.69) is 4.90 Å². The highest BCUT2D eigenvalue weighted by molar-refractivity contribution is 6.46. The zero-order valence-corrected chi connectivity index (χ0v) is 17.5. The molecule has 4 rings (SSSR count). The van der Waals surface area contributed by atoms with Gasteiger partial charge in [-0.15, -0.1) is 0 Å². The number of benzene rings is 2. The predicted octanol–water partition coefficient (Wildman–Crippen LogP) is 2.45. The van der Waals surface area contributed by atoms with Gasteiger partial charge in [0, 0.05) is 31.7 Å². The van der Waals surface area contributed by atoms with Crippen molar-refractivity contribution in [3.8, 4) is 5.75 Å². The molecule has 2 saturated heterocycles. The Morgan fingerprint density at radius 3 is 2.52 bits per heavy atom. The van der Waals surface area contributed by atoms with Crippen molar-refractivity contribution in [3.05, 3.63) is 71.3 Å². The summed E-state index contributed by atoms with van der Waals surface area (Å²) in [5.41, 5.74) is 1.33. The van der Waals surface area contributed by atoms with Crippen LogP contribution in [0.2, 0.25) is 0 Å². The lowest BCUT2D eigenvalue weighted by Crippen LogP contribution is -2.42. The number of aliphatic hydroxyl groups excluding tert-OH is 1. The predicted molar refractivity (Wildman–Crippen MR) is 116 cm³/mol. The van der Waals surface area contributed by atoms with Crippen molar-refractivity contribution in [1.82, 2.24) is 9.80 Å². The number of hydrogen-bond acceptors (Lipinski definition) is 6. The highest BCUT2D eigenvalue weighted by Gasteiger charge is 2.46. The van der Waals surface area contributed by atoms with Gasteiger partial charge in [-0.1, -0.05) is 42.5 Å². The van der Waals surface area contributed by atoms with E-state index in [1.807, 2.05) is 18.2 Å². The Kier molecular flexibility index (Phi) is 6.34. The second kappa shape index (κ2) is 9.32. The molecule has 1 amide bonds. The van der Waals surface area contributed by atoms with E-state index >= 15 is 0 Å². The van der Waals surface area contributed by atoms with Gasteiger partial charge in [-0.2, -0.15) is 0 Å². The van der Waals surface area contributed by atoms with Crippen LogP contribution in [-0.4, -0.2) is 73.1 Å². The first kappa shape index (κ1) is 21.1. The second-order valence-corrected chi connectivity index (χ2v) is 7.59. The third kappa shape index (κ3) is 4.33. The number of amides is 1. The molecule has 2 heterocycles. The van der Waals surface area contributed by atoms with Gasteiger partial charge in [0.1, 0.15) is 11.5 Å². The van der Waals surface area contributed by atoms with E-state index in [0.717, 1.165) is 18.7 Å². The summed E-state index contributed by atoms with van der Waals surface area (Å²) in [6.07, 6.45) is 0. The molecular weight excluding hydrogens is 396 g/mol. The van der Waals surface area contributed by atoms with Gasteiger partial charge in [-0.3, -0.25) is 14.5 Å². The van der Waals surface area contributed by atoms with E-state index in [1.54, 1.807) is 48.4 Å². The molecule has 7 heteroatoms. The molecule has 0 bridgehead atoms. The van der Waals surface area contributed by atoms with Crippen LogP contribution in [0.4, 0.5) is 0 Å². The first-order valence-corrected chi connectivity index (χ1v) is 10.4. The van der Waals surface area contributed by atoms with E-state index in [0.29, 0.717) is 37.6 Å². The lowest BCUT2D eigenvalue weighted by molar-refractivity contribution is -0.140. The topological polar surface area (TPSA) is 79.3 Å². The van der Waals surface area contributed by atoms with Crippen molar-refractivity contribution < 1.29 is 24.2 Å². The molecule has 162 valence electrons. The fraction of sp³-hybridized carbons (Fsp3) is 0.333. The molecule has 0 aromatic heterocycles. The van der Waals surface area contributed by atoms with Crippen molar-refractivity contribution in [1.29, 1.82) is 0 Å². The molecule has 1 N–H and O–H groups in total. The normalized spacial score (nSPS) is 21.5. The second-order valence-electron chi connectivity index (χ2n) is 7.59. The quantitative estimate of drug-likeness (QED) is 0.438. The van der Waals surface area contributed by atoms with Crippen LogP contribution in [-0.2, 0) is 14.3 Å². The summed E-state index contributed by atoms with van der Waals surface area (Å²) in [5, 5.41) is 11.0. The Balaban J connectivity index is 1.74. The van der Waals surface area contributed by atoms with E-state index < -0.39 is 17.7 Å². The fourth-order valence-electron chi connectivity index (χ4n) is 4.09. The lowest BCUT2D eigenvalue weighted by atomic mass is 9.95. The van der Waals surface area contributed by atoms with Crippen molar-refractivity contribution in [2.75, 3.05) is 46.5 Å². The van der Waals surface area contributed by atoms with Crippen LogP contribution in [0.15, 0.2) is 60.2 Å². The average Bonchev–Trinajstić information content (AvgIpc) is 3.08. The SMILES string of the molecule is COc1cccc(C2C(=C(O)c3ccccc3)C(=O)C(=O)N2CCN2CCOCC2)c1. The number of Topliss-reactive ketones (excluding diaryl/α,β-unsaturated/α-hetero) is 1. The summed E-state index contributed by atoms with van der Waals surface area (Å²) in [7, 11) is 1.57. The molecule has 0 saturated carbocycles.